The van der Waals surface area contributed by atoms with Crippen LogP contribution in [0.3, 0.4) is 0 Å². The highest BCUT2D eigenvalue weighted by molar-refractivity contribution is 7.16. The SMILES string of the molecule is CCCCCCCCCCCCCCCCCCCC(=O)OCN1c2ccccc2N=C(N2CCN(C)CC2)c2cc(C)sc21. The highest BCUT2D eigenvalue weighted by Crippen LogP contribution is 2.44. The lowest BCUT2D eigenvalue weighted by Gasteiger charge is -2.34. The van der Waals surface area contributed by atoms with E-state index in [1.165, 1.54) is 101 Å². The molecule has 0 spiro atoms. The first-order valence-electron chi connectivity index (χ1n) is 18.2. The van der Waals surface area contributed by atoms with Crippen molar-refractivity contribution in [2.45, 2.75) is 129 Å². The first-order valence-corrected chi connectivity index (χ1v) is 19.0. The number of hydrogen-bond donors (Lipinski definition) is 0. The number of aryl methyl sites for hydroxylation is 1. The van der Waals surface area contributed by atoms with E-state index in [2.05, 4.69) is 53.8 Å². The quantitative estimate of drug-likeness (QED) is 0.107. The molecule has 45 heavy (non-hydrogen) atoms. The summed E-state index contributed by atoms with van der Waals surface area (Å²) >= 11 is 1.75. The van der Waals surface area contributed by atoms with Crippen LogP contribution in [-0.4, -0.2) is 61.6 Å². The molecule has 2 aliphatic heterocycles. The number of piperazine rings is 1. The minimum atomic E-state index is -0.104. The second-order valence-electron chi connectivity index (χ2n) is 13.3. The van der Waals surface area contributed by atoms with Crippen LogP contribution in [-0.2, 0) is 9.53 Å². The molecule has 3 heterocycles. The molecule has 6 nitrogen and oxygen atoms in total. The van der Waals surface area contributed by atoms with Gasteiger partial charge in [0, 0.05) is 37.5 Å². The number of para-hydroxylation sites is 2. The number of anilines is 2. The van der Waals surface area contributed by atoms with Gasteiger partial charge in [-0.3, -0.25) is 9.69 Å². The summed E-state index contributed by atoms with van der Waals surface area (Å²) in [5.41, 5.74) is 3.06. The molecular weight excluding hydrogens is 577 g/mol. The van der Waals surface area contributed by atoms with Crippen LogP contribution in [0.5, 0.6) is 0 Å². The number of carbonyl (C=O) groups excluding carboxylic acids is 1. The number of rotatable bonds is 20. The number of benzene rings is 1. The van der Waals surface area contributed by atoms with Gasteiger partial charge in [0.15, 0.2) is 6.73 Å². The molecule has 0 atom stereocenters. The number of thiophene rings is 1. The van der Waals surface area contributed by atoms with Crippen LogP contribution in [0.2, 0.25) is 0 Å². The normalized spacial score (nSPS) is 15.0. The van der Waals surface area contributed by atoms with Gasteiger partial charge in [0.2, 0.25) is 0 Å². The molecule has 2 aromatic rings. The molecule has 1 fully saturated rings. The molecule has 1 aromatic heterocycles. The number of hydrogen-bond acceptors (Lipinski definition) is 7. The molecule has 0 amide bonds. The maximum Gasteiger partial charge on any atom is 0.307 e. The van der Waals surface area contributed by atoms with Crippen molar-refractivity contribution in [3.8, 4) is 0 Å². The van der Waals surface area contributed by atoms with E-state index in [4.69, 9.17) is 9.73 Å². The third kappa shape index (κ3) is 11.7. The summed E-state index contributed by atoms with van der Waals surface area (Å²) in [5.74, 6) is 0.931. The van der Waals surface area contributed by atoms with E-state index in [9.17, 15) is 4.79 Å². The van der Waals surface area contributed by atoms with Crippen LogP contribution in [0.15, 0.2) is 35.3 Å². The number of aliphatic imine (C=N–C) groups is 1. The zero-order valence-corrected chi connectivity index (χ0v) is 29.5. The molecule has 1 aromatic carbocycles. The molecular formula is C38H60N4O2S. The lowest BCUT2D eigenvalue weighted by Crippen LogP contribution is -2.47. The Morgan fingerprint density at radius 3 is 1.96 bits per heavy atom. The van der Waals surface area contributed by atoms with Gasteiger partial charge in [-0.1, -0.05) is 122 Å². The summed E-state index contributed by atoms with van der Waals surface area (Å²) in [6.07, 6.45) is 23.3. The van der Waals surface area contributed by atoms with Crippen LogP contribution in [0, 0.1) is 6.92 Å². The van der Waals surface area contributed by atoms with Crippen LogP contribution in [0.4, 0.5) is 16.4 Å². The fraction of sp³-hybridized carbons (Fsp3) is 0.684. The van der Waals surface area contributed by atoms with Crippen LogP contribution < -0.4 is 4.90 Å². The van der Waals surface area contributed by atoms with Crippen LogP contribution in [0.25, 0.3) is 0 Å². The van der Waals surface area contributed by atoms with Gasteiger partial charge < -0.3 is 14.5 Å². The van der Waals surface area contributed by atoms with Crippen molar-refractivity contribution in [3.63, 3.8) is 0 Å². The average Bonchev–Trinajstić information content (AvgIpc) is 3.37. The summed E-state index contributed by atoms with van der Waals surface area (Å²) in [4.78, 5) is 26.2. The van der Waals surface area contributed by atoms with E-state index in [1.54, 1.807) is 11.3 Å². The summed E-state index contributed by atoms with van der Waals surface area (Å²) in [6, 6.07) is 10.5. The monoisotopic (exact) mass is 636 g/mol. The number of nitrogens with zero attached hydrogens (tertiary/aromatic N) is 4. The van der Waals surface area contributed by atoms with E-state index >= 15 is 0 Å². The fourth-order valence-corrected chi connectivity index (χ4v) is 7.53. The van der Waals surface area contributed by atoms with Crippen molar-refractivity contribution in [2.75, 3.05) is 44.9 Å². The molecule has 2 aliphatic rings. The molecule has 0 saturated carbocycles. The van der Waals surface area contributed by atoms with E-state index in [-0.39, 0.29) is 12.7 Å². The van der Waals surface area contributed by atoms with Gasteiger partial charge in [0.05, 0.1) is 16.9 Å². The lowest BCUT2D eigenvalue weighted by molar-refractivity contribution is -0.143. The van der Waals surface area contributed by atoms with Gasteiger partial charge in [-0.2, -0.15) is 0 Å². The molecule has 0 unspecified atom stereocenters. The molecule has 1 saturated heterocycles. The van der Waals surface area contributed by atoms with Crippen molar-refractivity contribution in [1.82, 2.24) is 9.80 Å². The predicted molar refractivity (Wildman–Crippen MR) is 193 cm³/mol. The molecule has 250 valence electrons. The first kappa shape index (κ1) is 35.5. The van der Waals surface area contributed by atoms with Crippen molar-refractivity contribution in [1.29, 1.82) is 0 Å². The van der Waals surface area contributed by atoms with Gasteiger partial charge >= 0.3 is 5.97 Å². The van der Waals surface area contributed by atoms with Gasteiger partial charge in [0.25, 0.3) is 0 Å². The number of fused-ring (bicyclic) bond motifs is 2. The minimum absolute atomic E-state index is 0.104. The number of amidine groups is 1. The Morgan fingerprint density at radius 1 is 0.800 bits per heavy atom. The van der Waals surface area contributed by atoms with Crippen molar-refractivity contribution in [2.24, 2.45) is 4.99 Å². The maximum atomic E-state index is 12.8. The Labute approximate surface area is 278 Å². The number of likely N-dealkylation sites (N-methyl/N-ethyl adjacent to an activating group) is 1. The van der Waals surface area contributed by atoms with Crippen molar-refractivity contribution < 1.29 is 9.53 Å². The summed E-state index contributed by atoms with van der Waals surface area (Å²) in [5, 5.41) is 1.11. The van der Waals surface area contributed by atoms with Crippen molar-refractivity contribution >= 4 is 39.5 Å². The zero-order chi connectivity index (χ0) is 31.7. The molecule has 0 N–H and O–H groups in total. The second kappa shape index (κ2) is 20.0. The van der Waals surface area contributed by atoms with Gasteiger partial charge in [-0.25, -0.2) is 4.99 Å². The zero-order valence-electron chi connectivity index (χ0n) is 28.7. The molecule has 0 radical (unpaired) electrons. The Kier molecular flexibility index (Phi) is 15.8. The number of carbonyl (C=O) groups is 1. The largest absolute Gasteiger partial charge is 0.444 e. The molecule has 0 aliphatic carbocycles. The Morgan fingerprint density at radius 2 is 1.36 bits per heavy atom. The summed E-state index contributed by atoms with van der Waals surface area (Å²) in [7, 11) is 2.18. The standard InChI is InChI=1S/C38H60N4O2S/c1-4-5-6-7-8-9-10-11-12-13-14-15-16-17-18-19-20-25-36(43)44-31-42-35-24-22-21-23-34(35)39-37(33-30-32(2)45-38(33)42)41-28-26-40(3)27-29-41/h21-24,30H,4-20,25-29,31H2,1-3H3. The summed E-state index contributed by atoms with van der Waals surface area (Å²) in [6.45, 7) is 8.62. The molecule has 4 rings (SSSR count). The fourth-order valence-electron chi connectivity index (χ4n) is 6.52. The number of esters is 1. The maximum absolute atomic E-state index is 12.8. The van der Waals surface area contributed by atoms with E-state index in [0.717, 1.165) is 66.8 Å². The lowest BCUT2D eigenvalue weighted by atomic mass is 10.0. The second-order valence-corrected chi connectivity index (χ2v) is 14.5. The minimum Gasteiger partial charge on any atom is -0.444 e. The van der Waals surface area contributed by atoms with Crippen LogP contribution >= 0.6 is 11.3 Å². The van der Waals surface area contributed by atoms with Crippen molar-refractivity contribution in [3.05, 3.63) is 40.8 Å². The topological polar surface area (TPSA) is 48.4 Å². The smallest absolute Gasteiger partial charge is 0.307 e. The Balaban J connectivity index is 1.12. The molecule has 7 heteroatoms. The van der Waals surface area contributed by atoms with Gasteiger partial charge in [-0.15, -0.1) is 11.3 Å². The Bertz CT molecular complexity index is 1170. The van der Waals surface area contributed by atoms with E-state index in [0.29, 0.717) is 6.42 Å². The average molecular weight is 637 g/mol. The van der Waals surface area contributed by atoms with Gasteiger partial charge in [-0.05, 0) is 38.6 Å². The number of ether oxygens (including phenoxy) is 1. The highest BCUT2D eigenvalue weighted by atomic mass is 32.1. The highest BCUT2D eigenvalue weighted by Gasteiger charge is 2.30. The molecule has 0 bridgehead atoms. The first-order chi connectivity index (χ1) is 22.1. The third-order valence-corrected chi connectivity index (χ3v) is 10.4. The van der Waals surface area contributed by atoms with E-state index in [1.807, 2.05) is 12.1 Å². The predicted octanol–water partition coefficient (Wildman–Crippen LogP) is 10.4. The third-order valence-electron chi connectivity index (χ3n) is 9.36. The summed E-state index contributed by atoms with van der Waals surface area (Å²) < 4.78 is 5.91. The van der Waals surface area contributed by atoms with E-state index < -0.39 is 0 Å². The Hall–Kier alpha value is -2.38. The number of unbranched alkanes of at least 4 members (excludes halogenated alkanes) is 16. The van der Waals surface area contributed by atoms with Gasteiger partial charge in [0.1, 0.15) is 10.8 Å². The van der Waals surface area contributed by atoms with Crippen LogP contribution in [0.1, 0.15) is 133 Å².